The summed E-state index contributed by atoms with van der Waals surface area (Å²) in [6, 6.07) is 16.3. The smallest absolute Gasteiger partial charge is 0.170 e. The van der Waals surface area contributed by atoms with E-state index in [9.17, 15) is 4.79 Å². The number of Topliss-reactive ketones (excluding diaryl/α,β-unsaturated/α-hetero) is 1. The van der Waals surface area contributed by atoms with Gasteiger partial charge in [0.2, 0.25) is 0 Å². The van der Waals surface area contributed by atoms with Gasteiger partial charge >= 0.3 is 0 Å². The van der Waals surface area contributed by atoms with Gasteiger partial charge in [-0.1, -0.05) is 12.1 Å². The maximum Gasteiger partial charge on any atom is 0.170 e. The molecule has 3 aliphatic rings. The van der Waals surface area contributed by atoms with Crippen LogP contribution >= 0.6 is 0 Å². The number of nitrogens with zero attached hydrogens (tertiary/aromatic N) is 3. The van der Waals surface area contributed by atoms with Gasteiger partial charge in [0, 0.05) is 31.5 Å². The maximum absolute atomic E-state index is 12.9. The van der Waals surface area contributed by atoms with E-state index in [0.717, 1.165) is 49.4 Å². The minimum absolute atomic E-state index is 0.128. The lowest BCUT2D eigenvalue weighted by Crippen LogP contribution is -2.51. The number of carbonyl (C=O) groups excluding carboxylic acids is 1. The van der Waals surface area contributed by atoms with Crippen LogP contribution in [-0.4, -0.2) is 41.8 Å². The first kappa shape index (κ1) is 21.1. The fourth-order valence-electron chi connectivity index (χ4n) is 5.56. The molecule has 1 spiro atoms. The predicted molar refractivity (Wildman–Crippen MR) is 131 cm³/mol. The third kappa shape index (κ3) is 3.81. The average Bonchev–Trinajstić information content (AvgIpc) is 2.89. The number of hydrogen-bond donors (Lipinski definition) is 0. The van der Waals surface area contributed by atoms with Crippen molar-refractivity contribution in [3.63, 3.8) is 0 Å². The summed E-state index contributed by atoms with van der Waals surface area (Å²) in [7, 11) is 1.61. The van der Waals surface area contributed by atoms with E-state index in [-0.39, 0.29) is 5.78 Å². The summed E-state index contributed by atoms with van der Waals surface area (Å²) in [5.74, 6) is 2.35. The van der Waals surface area contributed by atoms with Gasteiger partial charge in [0.15, 0.2) is 11.6 Å². The summed E-state index contributed by atoms with van der Waals surface area (Å²) in [6.07, 6.45) is 6.87. The highest BCUT2D eigenvalue weighted by molar-refractivity contribution is 6.00. The molecule has 3 aromatic rings. The molecular formula is C28H29N3O3. The standard InChI is InChI=1S/C28H29N3O3/c1-33-22-8-10-26-23(17-22)25(32)18-28(34-26)12-14-31(15-13-28)27-11-9-24(29-30-27)21-7-6-19-4-2-3-5-20(19)16-21/h6-11,16-17H,2-5,12-15,18H2,1H3. The van der Waals surface area contributed by atoms with Crippen LogP contribution < -0.4 is 14.4 Å². The van der Waals surface area contributed by atoms with Crippen LogP contribution in [0.1, 0.15) is 53.6 Å². The SMILES string of the molecule is COc1ccc2c(c1)C(=O)CC1(CCN(c3ccc(-c4ccc5c(c4)CCCC5)nn3)CC1)O2. The molecule has 0 radical (unpaired) electrons. The van der Waals surface area contributed by atoms with Gasteiger partial charge in [-0.25, -0.2) is 0 Å². The third-order valence-corrected chi connectivity index (χ3v) is 7.59. The second-order valence-corrected chi connectivity index (χ2v) is 9.70. The first-order valence-corrected chi connectivity index (χ1v) is 12.2. The summed E-state index contributed by atoms with van der Waals surface area (Å²) in [6.45, 7) is 1.57. The first-order chi connectivity index (χ1) is 16.6. The van der Waals surface area contributed by atoms with Gasteiger partial charge in [-0.2, -0.15) is 0 Å². The summed E-state index contributed by atoms with van der Waals surface area (Å²) < 4.78 is 11.7. The molecule has 0 saturated carbocycles. The summed E-state index contributed by atoms with van der Waals surface area (Å²) in [5.41, 5.74) is 5.17. The molecule has 1 saturated heterocycles. The van der Waals surface area contributed by atoms with Gasteiger partial charge in [0.05, 0.1) is 24.8 Å². The Morgan fingerprint density at radius 2 is 1.76 bits per heavy atom. The van der Waals surface area contributed by atoms with Crippen molar-refractivity contribution in [2.45, 2.75) is 50.5 Å². The Balaban J connectivity index is 1.14. The molecule has 6 heteroatoms. The Bertz CT molecular complexity index is 1230. The topological polar surface area (TPSA) is 64.5 Å². The zero-order valence-corrected chi connectivity index (χ0v) is 19.5. The van der Waals surface area contributed by atoms with Crippen molar-refractivity contribution in [2.75, 3.05) is 25.1 Å². The Hall–Kier alpha value is -3.41. The molecule has 0 N–H and O–H groups in total. The monoisotopic (exact) mass is 455 g/mol. The summed E-state index contributed by atoms with van der Waals surface area (Å²) in [4.78, 5) is 15.1. The number of fused-ring (bicyclic) bond motifs is 2. The minimum atomic E-state index is -0.439. The zero-order valence-electron chi connectivity index (χ0n) is 19.5. The average molecular weight is 456 g/mol. The number of hydrogen-bond acceptors (Lipinski definition) is 6. The van der Waals surface area contributed by atoms with E-state index in [1.807, 2.05) is 12.1 Å². The number of piperidine rings is 1. The van der Waals surface area contributed by atoms with Crippen molar-refractivity contribution in [1.82, 2.24) is 10.2 Å². The van der Waals surface area contributed by atoms with Gasteiger partial charge < -0.3 is 14.4 Å². The van der Waals surface area contributed by atoms with E-state index in [4.69, 9.17) is 9.47 Å². The maximum atomic E-state index is 12.9. The number of ketones is 1. The van der Waals surface area contributed by atoms with Crippen molar-refractivity contribution < 1.29 is 14.3 Å². The van der Waals surface area contributed by atoms with E-state index in [0.29, 0.717) is 23.5 Å². The molecule has 0 amide bonds. The van der Waals surface area contributed by atoms with Crippen LogP contribution in [0.25, 0.3) is 11.3 Å². The third-order valence-electron chi connectivity index (χ3n) is 7.59. The Kier molecular flexibility index (Phi) is 5.24. The highest BCUT2D eigenvalue weighted by Crippen LogP contribution is 2.41. The van der Waals surface area contributed by atoms with Crippen LogP contribution in [0, 0.1) is 0 Å². The van der Waals surface area contributed by atoms with Crippen molar-refractivity contribution >= 4 is 11.6 Å². The quantitative estimate of drug-likeness (QED) is 0.552. The lowest BCUT2D eigenvalue weighted by Gasteiger charge is -2.44. The molecule has 2 aliphatic heterocycles. The largest absolute Gasteiger partial charge is 0.497 e. The number of methoxy groups -OCH3 is 1. The fourth-order valence-corrected chi connectivity index (χ4v) is 5.56. The normalized spacial score (nSPS) is 18.7. The number of anilines is 1. The molecule has 6 rings (SSSR count). The van der Waals surface area contributed by atoms with Crippen LogP contribution in [0.3, 0.4) is 0 Å². The second kappa shape index (κ2) is 8.42. The zero-order chi connectivity index (χ0) is 23.1. The summed E-state index contributed by atoms with van der Waals surface area (Å²) in [5, 5.41) is 9.09. The van der Waals surface area contributed by atoms with E-state index in [1.165, 1.54) is 30.4 Å². The van der Waals surface area contributed by atoms with E-state index in [1.54, 1.807) is 13.2 Å². The lowest BCUT2D eigenvalue weighted by molar-refractivity contribution is 0.0230. The predicted octanol–water partition coefficient (Wildman–Crippen LogP) is 5.04. The minimum Gasteiger partial charge on any atom is -0.497 e. The van der Waals surface area contributed by atoms with Gasteiger partial charge in [-0.15, -0.1) is 10.2 Å². The Morgan fingerprint density at radius 1 is 0.941 bits per heavy atom. The molecule has 0 unspecified atom stereocenters. The Labute approximate surface area is 199 Å². The van der Waals surface area contributed by atoms with Gasteiger partial charge in [-0.3, -0.25) is 4.79 Å². The van der Waals surface area contributed by atoms with Crippen molar-refractivity contribution in [1.29, 1.82) is 0 Å². The van der Waals surface area contributed by atoms with E-state index < -0.39 is 5.60 Å². The van der Waals surface area contributed by atoms with Crippen LogP contribution in [0.15, 0.2) is 48.5 Å². The fraction of sp³-hybridized carbons (Fsp3) is 0.393. The van der Waals surface area contributed by atoms with E-state index in [2.05, 4.69) is 45.4 Å². The second-order valence-electron chi connectivity index (χ2n) is 9.70. The van der Waals surface area contributed by atoms with Gasteiger partial charge in [-0.05, 0) is 73.2 Å². The molecule has 1 fully saturated rings. The van der Waals surface area contributed by atoms with Crippen molar-refractivity contribution in [2.24, 2.45) is 0 Å². The molecule has 1 aliphatic carbocycles. The molecule has 2 aromatic carbocycles. The van der Waals surface area contributed by atoms with Crippen LogP contribution in [0.2, 0.25) is 0 Å². The highest BCUT2D eigenvalue weighted by Gasteiger charge is 2.43. The number of aryl methyl sites for hydroxylation is 2. The van der Waals surface area contributed by atoms with Gasteiger partial charge in [0.25, 0.3) is 0 Å². The number of carbonyl (C=O) groups is 1. The number of rotatable bonds is 3. The molecule has 1 aromatic heterocycles. The van der Waals surface area contributed by atoms with Crippen LogP contribution in [0.4, 0.5) is 5.82 Å². The molecule has 34 heavy (non-hydrogen) atoms. The van der Waals surface area contributed by atoms with Gasteiger partial charge in [0.1, 0.15) is 17.1 Å². The molecule has 6 nitrogen and oxygen atoms in total. The number of benzene rings is 2. The molecule has 3 heterocycles. The molecule has 174 valence electrons. The first-order valence-electron chi connectivity index (χ1n) is 12.2. The highest BCUT2D eigenvalue weighted by atomic mass is 16.5. The Morgan fingerprint density at radius 3 is 2.53 bits per heavy atom. The molecule has 0 atom stereocenters. The summed E-state index contributed by atoms with van der Waals surface area (Å²) >= 11 is 0. The van der Waals surface area contributed by atoms with Crippen LogP contribution in [-0.2, 0) is 12.8 Å². The molecule has 0 bridgehead atoms. The van der Waals surface area contributed by atoms with Crippen LogP contribution in [0.5, 0.6) is 11.5 Å². The molecular weight excluding hydrogens is 426 g/mol. The van der Waals surface area contributed by atoms with E-state index >= 15 is 0 Å². The van der Waals surface area contributed by atoms with Crippen molar-refractivity contribution in [3.8, 4) is 22.8 Å². The number of ether oxygens (including phenoxy) is 2. The number of aromatic nitrogens is 2. The lowest BCUT2D eigenvalue weighted by atomic mass is 9.82. The van der Waals surface area contributed by atoms with Crippen molar-refractivity contribution in [3.05, 3.63) is 65.2 Å².